The molecule has 2 aromatic carbocycles. The van der Waals surface area contributed by atoms with Gasteiger partial charge < -0.3 is 5.32 Å². The van der Waals surface area contributed by atoms with Gasteiger partial charge in [0.2, 0.25) is 0 Å². The van der Waals surface area contributed by atoms with Crippen molar-refractivity contribution in [3.05, 3.63) is 70.3 Å². The molecule has 1 heteroatoms. The Kier molecular flexibility index (Phi) is 4.39. The third-order valence-corrected chi connectivity index (χ3v) is 3.55. The molecule has 2 rings (SSSR count). The Morgan fingerprint density at radius 2 is 1.58 bits per heavy atom. The molecule has 100 valence electrons. The summed E-state index contributed by atoms with van der Waals surface area (Å²) >= 11 is 0. The second-order valence-corrected chi connectivity index (χ2v) is 5.46. The Morgan fingerprint density at radius 3 is 2.21 bits per heavy atom. The molecule has 0 fully saturated rings. The first-order valence-electron chi connectivity index (χ1n) is 6.92. The summed E-state index contributed by atoms with van der Waals surface area (Å²) in [5.41, 5.74) is 6.76. The summed E-state index contributed by atoms with van der Waals surface area (Å²) < 4.78 is 0. The SMILES string of the molecule is Cc1cc(C)cc(CN[C@H](C)c2ccccc2C)c1. The molecule has 0 bridgehead atoms. The van der Waals surface area contributed by atoms with Crippen molar-refractivity contribution in [3.8, 4) is 0 Å². The molecule has 0 aromatic heterocycles. The Morgan fingerprint density at radius 1 is 0.947 bits per heavy atom. The van der Waals surface area contributed by atoms with Crippen LogP contribution in [0.15, 0.2) is 42.5 Å². The van der Waals surface area contributed by atoms with E-state index in [4.69, 9.17) is 0 Å². The van der Waals surface area contributed by atoms with Crippen molar-refractivity contribution in [1.82, 2.24) is 5.32 Å². The molecule has 0 heterocycles. The number of aryl methyl sites for hydroxylation is 3. The maximum Gasteiger partial charge on any atom is 0.0297 e. The summed E-state index contributed by atoms with van der Waals surface area (Å²) in [5.74, 6) is 0. The van der Waals surface area contributed by atoms with E-state index in [1.165, 1.54) is 27.8 Å². The van der Waals surface area contributed by atoms with Gasteiger partial charge in [-0.05, 0) is 44.4 Å². The average molecular weight is 253 g/mol. The van der Waals surface area contributed by atoms with Crippen molar-refractivity contribution in [2.24, 2.45) is 0 Å². The molecule has 0 radical (unpaired) electrons. The molecule has 0 amide bonds. The minimum Gasteiger partial charge on any atom is -0.306 e. The molecular weight excluding hydrogens is 230 g/mol. The Bertz CT molecular complexity index is 537. The fourth-order valence-electron chi connectivity index (χ4n) is 2.62. The molecule has 0 aliphatic carbocycles. The summed E-state index contributed by atoms with van der Waals surface area (Å²) in [5, 5.41) is 3.61. The smallest absolute Gasteiger partial charge is 0.0297 e. The van der Waals surface area contributed by atoms with Crippen LogP contribution in [0.25, 0.3) is 0 Å². The van der Waals surface area contributed by atoms with Crippen molar-refractivity contribution in [2.75, 3.05) is 0 Å². The predicted molar refractivity (Wildman–Crippen MR) is 82.3 cm³/mol. The van der Waals surface area contributed by atoms with Crippen molar-refractivity contribution >= 4 is 0 Å². The van der Waals surface area contributed by atoms with Gasteiger partial charge in [0.1, 0.15) is 0 Å². The molecule has 0 aliphatic heterocycles. The van der Waals surface area contributed by atoms with Crippen molar-refractivity contribution in [2.45, 2.75) is 40.3 Å². The first kappa shape index (κ1) is 13.8. The van der Waals surface area contributed by atoms with Crippen LogP contribution in [-0.2, 0) is 6.54 Å². The van der Waals surface area contributed by atoms with Gasteiger partial charge in [-0.1, -0.05) is 53.6 Å². The lowest BCUT2D eigenvalue weighted by Gasteiger charge is -2.17. The summed E-state index contributed by atoms with van der Waals surface area (Å²) in [6.45, 7) is 9.62. The second-order valence-electron chi connectivity index (χ2n) is 5.46. The highest BCUT2D eigenvalue weighted by atomic mass is 14.9. The lowest BCUT2D eigenvalue weighted by atomic mass is 10.0. The van der Waals surface area contributed by atoms with Gasteiger partial charge in [-0.2, -0.15) is 0 Å². The average Bonchev–Trinajstić information content (AvgIpc) is 2.35. The van der Waals surface area contributed by atoms with Crippen LogP contribution in [-0.4, -0.2) is 0 Å². The Hall–Kier alpha value is -1.60. The second kappa shape index (κ2) is 6.03. The minimum atomic E-state index is 0.377. The van der Waals surface area contributed by atoms with E-state index in [9.17, 15) is 0 Å². The van der Waals surface area contributed by atoms with E-state index in [2.05, 4.69) is 75.5 Å². The minimum absolute atomic E-state index is 0.377. The standard InChI is InChI=1S/C18H23N/c1-13-9-14(2)11-17(10-13)12-19-16(4)18-8-6-5-7-15(18)3/h5-11,16,19H,12H2,1-4H3/t16-/m1/s1. The summed E-state index contributed by atoms with van der Waals surface area (Å²) in [6, 6.07) is 15.7. The summed E-state index contributed by atoms with van der Waals surface area (Å²) in [4.78, 5) is 0. The zero-order valence-corrected chi connectivity index (χ0v) is 12.3. The molecule has 0 spiro atoms. The summed E-state index contributed by atoms with van der Waals surface area (Å²) in [7, 11) is 0. The zero-order valence-electron chi connectivity index (χ0n) is 12.3. The molecule has 0 saturated carbocycles. The lowest BCUT2D eigenvalue weighted by Crippen LogP contribution is -2.19. The van der Waals surface area contributed by atoms with E-state index in [1.807, 2.05) is 0 Å². The van der Waals surface area contributed by atoms with Gasteiger partial charge in [0.25, 0.3) is 0 Å². The largest absolute Gasteiger partial charge is 0.306 e. The normalized spacial score (nSPS) is 12.4. The van der Waals surface area contributed by atoms with Crippen LogP contribution in [0.1, 0.15) is 40.8 Å². The van der Waals surface area contributed by atoms with Gasteiger partial charge >= 0.3 is 0 Å². The lowest BCUT2D eigenvalue weighted by molar-refractivity contribution is 0.572. The van der Waals surface area contributed by atoms with Crippen LogP contribution in [0.5, 0.6) is 0 Å². The van der Waals surface area contributed by atoms with E-state index in [0.717, 1.165) is 6.54 Å². The van der Waals surface area contributed by atoms with Gasteiger partial charge in [-0.3, -0.25) is 0 Å². The van der Waals surface area contributed by atoms with Crippen LogP contribution in [0.2, 0.25) is 0 Å². The fourth-order valence-corrected chi connectivity index (χ4v) is 2.62. The number of rotatable bonds is 4. The number of nitrogens with one attached hydrogen (secondary N) is 1. The molecule has 1 nitrogen and oxygen atoms in total. The van der Waals surface area contributed by atoms with E-state index < -0.39 is 0 Å². The van der Waals surface area contributed by atoms with E-state index in [0.29, 0.717) is 6.04 Å². The van der Waals surface area contributed by atoms with Gasteiger partial charge in [-0.25, -0.2) is 0 Å². The third kappa shape index (κ3) is 3.68. The fraction of sp³-hybridized carbons (Fsp3) is 0.333. The molecule has 1 N–H and O–H groups in total. The molecular formula is C18H23N. The van der Waals surface area contributed by atoms with Crippen molar-refractivity contribution in [3.63, 3.8) is 0 Å². The predicted octanol–water partition coefficient (Wildman–Crippen LogP) is 4.46. The van der Waals surface area contributed by atoms with Crippen LogP contribution in [0.3, 0.4) is 0 Å². The zero-order chi connectivity index (χ0) is 13.8. The number of hydrogen-bond donors (Lipinski definition) is 1. The Labute approximate surface area is 116 Å². The molecule has 0 saturated heterocycles. The molecule has 0 aliphatic rings. The van der Waals surface area contributed by atoms with Crippen LogP contribution >= 0.6 is 0 Å². The topological polar surface area (TPSA) is 12.0 Å². The highest BCUT2D eigenvalue weighted by molar-refractivity contribution is 5.30. The first-order valence-corrected chi connectivity index (χ1v) is 6.92. The van der Waals surface area contributed by atoms with Crippen molar-refractivity contribution < 1.29 is 0 Å². The highest BCUT2D eigenvalue weighted by Crippen LogP contribution is 2.17. The summed E-state index contributed by atoms with van der Waals surface area (Å²) in [6.07, 6.45) is 0. The molecule has 19 heavy (non-hydrogen) atoms. The van der Waals surface area contributed by atoms with Gasteiger partial charge in [0.05, 0.1) is 0 Å². The van der Waals surface area contributed by atoms with Crippen LogP contribution < -0.4 is 5.32 Å². The Balaban J connectivity index is 2.04. The van der Waals surface area contributed by atoms with Gasteiger partial charge in [0.15, 0.2) is 0 Å². The van der Waals surface area contributed by atoms with E-state index in [-0.39, 0.29) is 0 Å². The van der Waals surface area contributed by atoms with Crippen molar-refractivity contribution in [1.29, 1.82) is 0 Å². The molecule has 2 aromatic rings. The van der Waals surface area contributed by atoms with Gasteiger partial charge in [0, 0.05) is 12.6 Å². The maximum absolute atomic E-state index is 3.61. The van der Waals surface area contributed by atoms with Crippen LogP contribution in [0, 0.1) is 20.8 Å². The molecule has 0 unspecified atom stereocenters. The maximum atomic E-state index is 3.61. The number of benzene rings is 2. The van der Waals surface area contributed by atoms with E-state index in [1.54, 1.807) is 0 Å². The van der Waals surface area contributed by atoms with Crippen LogP contribution in [0.4, 0.5) is 0 Å². The number of hydrogen-bond acceptors (Lipinski definition) is 1. The monoisotopic (exact) mass is 253 g/mol. The first-order chi connectivity index (χ1) is 9.06. The molecule has 1 atom stereocenters. The quantitative estimate of drug-likeness (QED) is 0.848. The van der Waals surface area contributed by atoms with Gasteiger partial charge in [-0.15, -0.1) is 0 Å². The third-order valence-electron chi connectivity index (χ3n) is 3.55. The van der Waals surface area contributed by atoms with E-state index >= 15 is 0 Å². The highest BCUT2D eigenvalue weighted by Gasteiger charge is 2.07.